The third-order valence-electron chi connectivity index (χ3n) is 4.00. The lowest BCUT2D eigenvalue weighted by molar-refractivity contribution is 0.0930. The number of carbonyl (C=O) groups excluding carboxylic acids is 1. The number of nitrogens with two attached hydrogens (primary N) is 1. The Labute approximate surface area is 125 Å². The van der Waals surface area contributed by atoms with Crippen LogP contribution in [0.5, 0.6) is 0 Å². The van der Waals surface area contributed by atoms with E-state index in [4.69, 9.17) is 22.4 Å². The summed E-state index contributed by atoms with van der Waals surface area (Å²) in [5.41, 5.74) is 6.40. The fourth-order valence-electron chi connectivity index (χ4n) is 2.96. The normalized spacial score (nSPS) is 17.7. The maximum absolute atomic E-state index is 12.4. The van der Waals surface area contributed by atoms with Crippen molar-refractivity contribution in [3.05, 3.63) is 23.2 Å². The molecule has 4 nitrogen and oxygen atoms in total. The van der Waals surface area contributed by atoms with Crippen molar-refractivity contribution in [2.45, 2.75) is 52.0 Å². The van der Waals surface area contributed by atoms with Gasteiger partial charge in [-0.3, -0.25) is 4.79 Å². The molecule has 0 spiro atoms. The number of aryl methyl sites for hydroxylation is 2. The predicted molar refractivity (Wildman–Crippen MR) is 82.8 cm³/mol. The van der Waals surface area contributed by atoms with Crippen LogP contribution in [0, 0.1) is 19.8 Å². The first-order valence-corrected chi connectivity index (χ1v) is 7.57. The summed E-state index contributed by atoms with van der Waals surface area (Å²) in [5, 5.41) is 2.99. The predicted octanol–water partition coefficient (Wildman–Crippen LogP) is 2.86. The Bertz CT molecular complexity index is 504. The molecular formula is C15H22N2O2S. The van der Waals surface area contributed by atoms with Crippen molar-refractivity contribution >= 4 is 23.1 Å². The van der Waals surface area contributed by atoms with E-state index >= 15 is 0 Å². The van der Waals surface area contributed by atoms with Crippen molar-refractivity contribution in [3.63, 3.8) is 0 Å². The van der Waals surface area contributed by atoms with Gasteiger partial charge >= 0.3 is 0 Å². The maximum Gasteiger partial charge on any atom is 0.255 e. The number of hydrogen-bond donors (Lipinski definition) is 2. The SMILES string of the molecule is Cc1cc(C(=O)NC(C(N)=S)C2CCCCC2)c(C)o1. The smallest absolute Gasteiger partial charge is 0.255 e. The van der Waals surface area contributed by atoms with E-state index in [2.05, 4.69) is 5.32 Å². The molecule has 1 fully saturated rings. The van der Waals surface area contributed by atoms with Crippen LogP contribution in [0.25, 0.3) is 0 Å². The highest BCUT2D eigenvalue weighted by Gasteiger charge is 2.28. The van der Waals surface area contributed by atoms with Crippen LogP contribution in [0.1, 0.15) is 54.0 Å². The lowest BCUT2D eigenvalue weighted by Crippen LogP contribution is -2.48. The van der Waals surface area contributed by atoms with E-state index in [1.807, 2.05) is 6.92 Å². The second kappa shape index (κ2) is 6.39. The van der Waals surface area contributed by atoms with E-state index < -0.39 is 0 Å². The summed E-state index contributed by atoms with van der Waals surface area (Å²) < 4.78 is 5.40. The molecule has 3 N–H and O–H groups in total. The van der Waals surface area contributed by atoms with Gasteiger partial charge in [-0.25, -0.2) is 0 Å². The molecule has 1 atom stereocenters. The molecule has 0 radical (unpaired) electrons. The number of nitrogens with one attached hydrogen (secondary N) is 1. The van der Waals surface area contributed by atoms with Crippen LogP contribution in [-0.2, 0) is 0 Å². The van der Waals surface area contributed by atoms with Crippen LogP contribution >= 0.6 is 12.2 Å². The maximum atomic E-state index is 12.4. The van der Waals surface area contributed by atoms with Crippen LogP contribution in [0.2, 0.25) is 0 Å². The molecule has 1 unspecified atom stereocenters. The topological polar surface area (TPSA) is 68.3 Å². The van der Waals surface area contributed by atoms with E-state index in [9.17, 15) is 4.79 Å². The zero-order chi connectivity index (χ0) is 14.7. The third kappa shape index (κ3) is 3.39. The number of thiocarbonyl (C=S) groups is 1. The van der Waals surface area contributed by atoms with Gasteiger partial charge in [0.25, 0.3) is 5.91 Å². The second-order valence-electron chi connectivity index (χ2n) is 5.58. The van der Waals surface area contributed by atoms with E-state index in [0.717, 1.165) is 18.6 Å². The first-order chi connectivity index (χ1) is 9.49. The molecule has 5 heteroatoms. The Hall–Kier alpha value is -1.36. The third-order valence-corrected chi connectivity index (χ3v) is 4.25. The molecule has 1 amide bonds. The van der Waals surface area contributed by atoms with Gasteiger partial charge in [0.2, 0.25) is 0 Å². The van der Waals surface area contributed by atoms with Crippen LogP contribution in [0.3, 0.4) is 0 Å². The Morgan fingerprint density at radius 3 is 2.55 bits per heavy atom. The standard InChI is InChI=1S/C15H22N2O2S/c1-9-8-12(10(2)19-9)15(18)17-13(14(16)20)11-6-4-3-5-7-11/h8,11,13H,3-7H2,1-2H3,(H2,16,20)(H,17,18). The van der Waals surface area contributed by atoms with Crippen molar-refractivity contribution in [3.8, 4) is 0 Å². The van der Waals surface area contributed by atoms with Gasteiger partial charge in [-0.2, -0.15) is 0 Å². The molecule has 1 heterocycles. The Morgan fingerprint density at radius 2 is 2.05 bits per heavy atom. The Morgan fingerprint density at radius 1 is 1.40 bits per heavy atom. The van der Waals surface area contributed by atoms with Crippen LogP contribution in [0.4, 0.5) is 0 Å². The fraction of sp³-hybridized carbons (Fsp3) is 0.600. The van der Waals surface area contributed by atoms with Crippen molar-refractivity contribution in [2.75, 3.05) is 0 Å². The van der Waals surface area contributed by atoms with Gasteiger partial charge in [0.1, 0.15) is 11.5 Å². The Balaban J connectivity index is 2.09. The molecule has 1 aliphatic carbocycles. The van der Waals surface area contributed by atoms with Crippen molar-refractivity contribution in [2.24, 2.45) is 11.7 Å². The summed E-state index contributed by atoms with van der Waals surface area (Å²) in [7, 11) is 0. The van der Waals surface area contributed by atoms with Gasteiger partial charge in [0, 0.05) is 0 Å². The van der Waals surface area contributed by atoms with E-state index in [1.165, 1.54) is 19.3 Å². The van der Waals surface area contributed by atoms with Crippen LogP contribution in [0.15, 0.2) is 10.5 Å². The van der Waals surface area contributed by atoms with Gasteiger partial charge in [-0.15, -0.1) is 0 Å². The summed E-state index contributed by atoms with van der Waals surface area (Å²) in [6.07, 6.45) is 5.78. The molecule has 0 bridgehead atoms. The van der Waals surface area contributed by atoms with E-state index in [0.29, 0.717) is 22.2 Å². The minimum atomic E-state index is -0.215. The Kier molecular flexibility index (Phi) is 4.81. The summed E-state index contributed by atoms with van der Waals surface area (Å²) in [4.78, 5) is 12.7. The van der Waals surface area contributed by atoms with Gasteiger partial charge < -0.3 is 15.5 Å². The summed E-state index contributed by atoms with van der Waals surface area (Å²) >= 11 is 5.14. The lowest BCUT2D eigenvalue weighted by atomic mass is 9.83. The van der Waals surface area contributed by atoms with E-state index in [1.54, 1.807) is 13.0 Å². The number of carbonyl (C=O) groups is 1. The minimum absolute atomic E-state index is 0.150. The average Bonchev–Trinajstić information content (AvgIpc) is 2.75. The highest BCUT2D eigenvalue weighted by Crippen LogP contribution is 2.27. The molecule has 0 aliphatic heterocycles. The van der Waals surface area contributed by atoms with Crippen LogP contribution < -0.4 is 11.1 Å². The number of amides is 1. The largest absolute Gasteiger partial charge is 0.466 e. The van der Waals surface area contributed by atoms with Gasteiger partial charge in [-0.1, -0.05) is 31.5 Å². The molecule has 0 saturated heterocycles. The monoisotopic (exact) mass is 294 g/mol. The zero-order valence-electron chi connectivity index (χ0n) is 12.1. The first-order valence-electron chi connectivity index (χ1n) is 7.16. The van der Waals surface area contributed by atoms with Gasteiger partial charge in [-0.05, 0) is 38.7 Å². The number of hydrogen-bond acceptors (Lipinski definition) is 3. The van der Waals surface area contributed by atoms with Gasteiger partial charge in [0.15, 0.2) is 0 Å². The molecular weight excluding hydrogens is 272 g/mol. The van der Waals surface area contributed by atoms with Gasteiger partial charge in [0.05, 0.1) is 16.6 Å². The molecule has 20 heavy (non-hydrogen) atoms. The molecule has 1 aromatic rings. The fourth-order valence-corrected chi connectivity index (χ4v) is 3.22. The molecule has 0 aromatic carbocycles. The quantitative estimate of drug-likeness (QED) is 0.838. The first kappa shape index (κ1) is 15.0. The van der Waals surface area contributed by atoms with Crippen molar-refractivity contribution in [1.29, 1.82) is 0 Å². The minimum Gasteiger partial charge on any atom is -0.466 e. The van der Waals surface area contributed by atoms with Crippen molar-refractivity contribution in [1.82, 2.24) is 5.32 Å². The molecule has 1 aromatic heterocycles. The zero-order valence-corrected chi connectivity index (χ0v) is 12.9. The summed E-state index contributed by atoms with van der Waals surface area (Å²) in [6, 6.07) is 1.54. The molecule has 1 saturated carbocycles. The summed E-state index contributed by atoms with van der Waals surface area (Å²) in [6.45, 7) is 3.62. The summed E-state index contributed by atoms with van der Waals surface area (Å²) in [5.74, 6) is 1.57. The lowest BCUT2D eigenvalue weighted by Gasteiger charge is -2.30. The average molecular weight is 294 g/mol. The van der Waals surface area contributed by atoms with Crippen LogP contribution in [-0.4, -0.2) is 16.9 Å². The molecule has 2 rings (SSSR count). The number of furan rings is 1. The van der Waals surface area contributed by atoms with E-state index in [-0.39, 0.29) is 11.9 Å². The highest BCUT2D eigenvalue weighted by molar-refractivity contribution is 7.80. The van der Waals surface area contributed by atoms with Crippen molar-refractivity contribution < 1.29 is 9.21 Å². The molecule has 1 aliphatic rings. The second-order valence-corrected chi connectivity index (χ2v) is 6.05. The highest BCUT2D eigenvalue weighted by atomic mass is 32.1. The number of rotatable bonds is 4. The molecule has 110 valence electrons.